The number of hydrogen-bond acceptors (Lipinski definition) is 10. The van der Waals surface area contributed by atoms with E-state index in [1.165, 1.54) is 18.7 Å². The third-order valence-corrected chi connectivity index (χ3v) is 6.33. The number of rotatable bonds is 6. The fraction of sp³-hybridized carbons (Fsp3) is 0.192. The number of aryl methyl sites for hydroxylation is 1. The molecule has 0 unspecified atom stereocenters. The van der Waals surface area contributed by atoms with Crippen molar-refractivity contribution < 1.29 is 9.53 Å². The number of hydrogen-bond donors (Lipinski definition) is 1. The molecule has 12 heteroatoms. The molecule has 1 fully saturated rings. The molecule has 1 aromatic carbocycles. The minimum atomic E-state index is -0.0629. The van der Waals surface area contributed by atoms with Gasteiger partial charge in [0.2, 0.25) is 11.9 Å². The smallest absolute Gasteiger partial charge is 0.246 e. The van der Waals surface area contributed by atoms with E-state index in [1.807, 2.05) is 37.3 Å². The molecule has 5 heterocycles. The van der Waals surface area contributed by atoms with Gasteiger partial charge in [0.1, 0.15) is 35.2 Å². The average molecular weight is 509 g/mol. The molecule has 1 saturated heterocycles. The van der Waals surface area contributed by atoms with Crippen LogP contribution in [0.2, 0.25) is 0 Å². The number of carbonyl (C=O) groups excluding carboxylic acids is 1. The number of ether oxygens (including phenoxy) is 1. The lowest BCUT2D eigenvalue weighted by Crippen LogP contribution is -2.48. The molecule has 4 aromatic heterocycles. The molecule has 12 nitrogen and oxygen atoms in total. The van der Waals surface area contributed by atoms with Gasteiger partial charge in [-0.25, -0.2) is 29.4 Å². The number of carbonyl (C=O) groups is 1. The van der Waals surface area contributed by atoms with E-state index < -0.39 is 0 Å². The number of amides is 1. The Bertz CT molecular complexity index is 1660. The molecule has 5 aromatic rings. The zero-order valence-electron chi connectivity index (χ0n) is 20.7. The van der Waals surface area contributed by atoms with Crippen molar-refractivity contribution in [2.75, 3.05) is 36.4 Å². The van der Waals surface area contributed by atoms with Gasteiger partial charge in [0.25, 0.3) is 0 Å². The van der Waals surface area contributed by atoms with Crippen molar-refractivity contribution in [2.45, 2.75) is 6.92 Å². The van der Waals surface area contributed by atoms with Crippen molar-refractivity contribution in [3.63, 3.8) is 0 Å². The van der Waals surface area contributed by atoms with Crippen LogP contribution in [0.4, 0.5) is 17.5 Å². The summed E-state index contributed by atoms with van der Waals surface area (Å²) in [6.07, 6.45) is 7.83. The number of benzene rings is 1. The number of nitrogens with zero attached hydrogens (tertiary/aromatic N) is 9. The molecule has 1 aliphatic heterocycles. The number of nitrogens with one attached hydrogen (secondary N) is 1. The Hall–Kier alpha value is -5.13. The molecular formula is C26H24N10O2. The van der Waals surface area contributed by atoms with E-state index in [0.717, 1.165) is 17.0 Å². The molecule has 0 aliphatic carbocycles. The summed E-state index contributed by atoms with van der Waals surface area (Å²) in [5.74, 6) is 2.49. The molecule has 0 radical (unpaired) electrons. The van der Waals surface area contributed by atoms with Crippen LogP contribution in [0.1, 0.15) is 5.56 Å². The summed E-state index contributed by atoms with van der Waals surface area (Å²) >= 11 is 0. The first-order chi connectivity index (χ1) is 18.6. The molecule has 6 rings (SSSR count). The third-order valence-electron chi connectivity index (χ3n) is 6.33. The van der Waals surface area contributed by atoms with Gasteiger partial charge in [-0.05, 0) is 42.8 Å². The number of piperazine rings is 1. The van der Waals surface area contributed by atoms with Crippen LogP contribution in [0.3, 0.4) is 0 Å². The Labute approximate surface area is 217 Å². The normalized spacial score (nSPS) is 13.6. The molecule has 38 heavy (non-hydrogen) atoms. The van der Waals surface area contributed by atoms with E-state index in [-0.39, 0.29) is 5.91 Å². The largest absolute Gasteiger partial charge is 0.457 e. The van der Waals surface area contributed by atoms with Gasteiger partial charge in [-0.1, -0.05) is 6.58 Å². The molecule has 1 amide bonds. The number of pyridine rings is 1. The fourth-order valence-corrected chi connectivity index (χ4v) is 4.31. The molecule has 0 bridgehead atoms. The Morgan fingerprint density at radius 2 is 1.92 bits per heavy atom. The second kappa shape index (κ2) is 9.73. The molecule has 190 valence electrons. The lowest BCUT2D eigenvalue weighted by Gasteiger charge is -2.34. The van der Waals surface area contributed by atoms with Gasteiger partial charge in [-0.2, -0.15) is 5.10 Å². The van der Waals surface area contributed by atoms with E-state index in [0.29, 0.717) is 60.4 Å². The van der Waals surface area contributed by atoms with Gasteiger partial charge in [0, 0.05) is 44.1 Å². The van der Waals surface area contributed by atoms with Crippen LogP contribution in [0, 0.1) is 6.92 Å². The monoisotopic (exact) mass is 508 g/mol. The summed E-state index contributed by atoms with van der Waals surface area (Å²) in [5.41, 5.74) is 3.73. The van der Waals surface area contributed by atoms with Gasteiger partial charge in [-0.15, -0.1) is 0 Å². The summed E-state index contributed by atoms with van der Waals surface area (Å²) in [7, 11) is 0. The van der Waals surface area contributed by atoms with E-state index >= 15 is 0 Å². The van der Waals surface area contributed by atoms with Crippen LogP contribution in [-0.2, 0) is 4.79 Å². The van der Waals surface area contributed by atoms with Gasteiger partial charge in [-0.3, -0.25) is 4.79 Å². The summed E-state index contributed by atoms with van der Waals surface area (Å²) in [6.45, 7) is 7.98. The first-order valence-corrected chi connectivity index (χ1v) is 12.1. The Balaban J connectivity index is 1.21. The first-order valence-electron chi connectivity index (χ1n) is 12.1. The van der Waals surface area contributed by atoms with Crippen molar-refractivity contribution in [3.05, 3.63) is 73.6 Å². The van der Waals surface area contributed by atoms with Crippen LogP contribution in [0.15, 0.2) is 68.0 Å². The lowest BCUT2D eigenvalue weighted by molar-refractivity contribution is -0.126. The van der Waals surface area contributed by atoms with Gasteiger partial charge in [0.05, 0.1) is 6.20 Å². The van der Waals surface area contributed by atoms with E-state index in [4.69, 9.17) is 9.72 Å². The minimum absolute atomic E-state index is 0.0629. The standard InChI is InChI=1S/C26H24N10O2/c1-3-23(37)34-8-10-35(11-9-34)26-27-14-20-24(33-26)25(30-15-28-20)32-18-4-5-21(17(2)12-18)38-19-6-7-36-22(13-19)29-16-31-36/h3-7,12-16H,1,8-11H2,2H3,(H,28,30,32). The van der Waals surface area contributed by atoms with Crippen LogP contribution >= 0.6 is 0 Å². The molecule has 1 aliphatic rings. The van der Waals surface area contributed by atoms with E-state index in [9.17, 15) is 4.79 Å². The molecular weight excluding hydrogens is 484 g/mol. The van der Waals surface area contributed by atoms with Crippen molar-refractivity contribution in [1.29, 1.82) is 0 Å². The van der Waals surface area contributed by atoms with Crippen molar-refractivity contribution >= 4 is 40.0 Å². The second-order valence-corrected chi connectivity index (χ2v) is 8.78. The van der Waals surface area contributed by atoms with Crippen LogP contribution < -0.4 is 15.0 Å². The zero-order valence-corrected chi connectivity index (χ0v) is 20.7. The summed E-state index contributed by atoms with van der Waals surface area (Å²) in [6, 6.07) is 9.48. The van der Waals surface area contributed by atoms with E-state index in [1.54, 1.807) is 21.8 Å². The number of anilines is 3. The molecule has 0 saturated carbocycles. The second-order valence-electron chi connectivity index (χ2n) is 8.78. The number of aromatic nitrogens is 7. The quantitative estimate of drug-likeness (QED) is 0.342. The molecule has 1 N–H and O–H groups in total. The highest BCUT2D eigenvalue weighted by molar-refractivity contribution is 5.88. The third kappa shape index (κ3) is 4.54. The predicted octanol–water partition coefficient (Wildman–Crippen LogP) is 3.14. The highest BCUT2D eigenvalue weighted by Gasteiger charge is 2.22. The topological polar surface area (TPSA) is 127 Å². The van der Waals surface area contributed by atoms with Crippen molar-refractivity contribution in [3.8, 4) is 11.5 Å². The molecule has 0 atom stereocenters. The maximum atomic E-state index is 11.9. The van der Waals surface area contributed by atoms with Gasteiger partial charge in [0.15, 0.2) is 11.5 Å². The predicted molar refractivity (Wildman–Crippen MR) is 142 cm³/mol. The lowest BCUT2D eigenvalue weighted by atomic mass is 10.2. The first kappa shape index (κ1) is 23.3. The average Bonchev–Trinajstić information content (AvgIpc) is 3.42. The summed E-state index contributed by atoms with van der Waals surface area (Å²) < 4.78 is 7.76. The highest BCUT2D eigenvalue weighted by atomic mass is 16.5. The summed E-state index contributed by atoms with van der Waals surface area (Å²) in [4.78, 5) is 37.9. The van der Waals surface area contributed by atoms with E-state index in [2.05, 4.69) is 41.8 Å². The van der Waals surface area contributed by atoms with Crippen LogP contribution in [0.25, 0.3) is 16.7 Å². The maximum absolute atomic E-state index is 11.9. The maximum Gasteiger partial charge on any atom is 0.246 e. The fourth-order valence-electron chi connectivity index (χ4n) is 4.31. The van der Waals surface area contributed by atoms with Crippen molar-refractivity contribution in [1.82, 2.24) is 39.4 Å². The van der Waals surface area contributed by atoms with Crippen LogP contribution in [-0.4, -0.2) is 71.5 Å². The SMILES string of the molecule is C=CC(=O)N1CCN(c2ncc3ncnc(Nc4ccc(Oc5ccn6ncnc6c5)c(C)c4)c3n2)CC1. The highest BCUT2D eigenvalue weighted by Crippen LogP contribution is 2.30. The van der Waals surface area contributed by atoms with Crippen molar-refractivity contribution in [2.24, 2.45) is 0 Å². The Morgan fingerprint density at radius 3 is 2.74 bits per heavy atom. The van der Waals surface area contributed by atoms with Gasteiger partial charge >= 0.3 is 0 Å². The van der Waals surface area contributed by atoms with Crippen LogP contribution in [0.5, 0.6) is 11.5 Å². The minimum Gasteiger partial charge on any atom is -0.457 e. The number of fused-ring (bicyclic) bond motifs is 2. The molecule has 0 spiro atoms. The summed E-state index contributed by atoms with van der Waals surface area (Å²) in [5, 5.41) is 7.46. The van der Waals surface area contributed by atoms with Gasteiger partial charge < -0.3 is 19.9 Å². The zero-order chi connectivity index (χ0) is 26.1. The Kier molecular flexibility index (Phi) is 5.96. The Morgan fingerprint density at radius 1 is 1.05 bits per heavy atom.